The number of carboxylic acids is 1. The fourth-order valence-electron chi connectivity index (χ4n) is 3.85. The Morgan fingerprint density at radius 3 is 2.80 bits per heavy atom. The number of hydrogen-bond donors (Lipinski definition) is 2. The number of nitrogens with zero attached hydrogens (tertiary/aromatic N) is 1. The lowest BCUT2D eigenvalue weighted by atomic mass is 9.87. The Morgan fingerprint density at radius 1 is 1.33 bits per heavy atom. The van der Waals surface area contributed by atoms with E-state index in [2.05, 4.69) is 32.3 Å². The number of carboxylic acid groups (broad SMARTS) is 1. The van der Waals surface area contributed by atoms with Gasteiger partial charge in [-0.3, -0.25) is 14.6 Å². The van der Waals surface area contributed by atoms with E-state index in [9.17, 15) is 19.5 Å². The van der Waals surface area contributed by atoms with Crippen molar-refractivity contribution in [3.8, 4) is 0 Å². The fourth-order valence-corrected chi connectivity index (χ4v) is 5.06. The number of thioether (sulfide) groups is 1. The van der Waals surface area contributed by atoms with Crippen LogP contribution in [0.4, 0.5) is 0 Å². The second kappa shape index (κ2) is 10.2. The molecule has 0 radical (unpaired) electrons. The number of fused-ring (bicyclic) bond motifs is 1. The molecule has 0 bridgehead atoms. The first kappa shape index (κ1) is 22.5. The van der Waals surface area contributed by atoms with Crippen LogP contribution in [0.2, 0.25) is 0 Å². The Kier molecular flexibility index (Phi) is 7.66. The maximum Gasteiger partial charge on any atom is 0.326 e. The van der Waals surface area contributed by atoms with Gasteiger partial charge >= 0.3 is 5.97 Å². The summed E-state index contributed by atoms with van der Waals surface area (Å²) in [5.41, 5.74) is 3.02. The van der Waals surface area contributed by atoms with Crippen molar-refractivity contribution in [3.63, 3.8) is 0 Å². The third kappa shape index (κ3) is 5.70. The number of aromatic nitrogens is 1. The van der Waals surface area contributed by atoms with Gasteiger partial charge in [0, 0.05) is 36.0 Å². The minimum Gasteiger partial charge on any atom is -0.480 e. The Morgan fingerprint density at radius 2 is 2.13 bits per heavy atom. The molecule has 1 amide bonds. The predicted molar refractivity (Wildman–Crippen MR) is 119 cm³/mol. The van der Waals surface area contributed by atoms with Crippen molar-refractivity contribution < 1.29 is 19.5 Å². The number of benzene rings is 1. The van der Waals surface area contributed by atoms with Gasteiger partial charge in [0.05, 0.1) is 5.92 Å². The van der Waals surface area contributed by atoms with Crippen LogP contribution < -0.4 is 5.32 Å². The van der Waals surface area contributed by atoms with Crippen molar-refractivity contribution in [1.29, 1.82) is 0 Å². The molecule has 0 aliphatic heterocycles. The zero-order chi connectivity index (χ0) is 21.7. The van der Waals surface area contributed by atoms with Gasteiger partial charge in [-0.2, -0.15) is 0 Å². The van der Waals surface area contributed by atoms with Crippen LogP contribution in [-0.4, -0.2) is 38.9 Å². The maximum atomic E-state index is 13.2. The van der Waals surface area contributed by atoms with E-state index in [1.165, 1.54) is 12.5 Å². The van der Waals surface area contributed by atoms with E-state index in [0.717, 1.165) is 40.2 Å². The minimum absolute atomic E-state index is 0.0483. The molecule has 6 nitrogen and oxygen atoms in total. The number of nitrogens with one attached hydrogen (secondary N) is 1. The summed E-state index contributed by atoms with van der Waals surface area (Å²) in [6.07, 6.45) is 5.00. The van der Waals surface area contributed by atoms with E-state index in [-0.39, 0.29) is 23.4 Å². The average Bonchev–Trinajstić information content (AvgIpc) is 3.11. The molecule has 0 saturated carbocycles. The second-order valence-corrected chi connectivity index (χ2v) is 9.47. The van der Waals surface area contributed by atoms with Gasteiger partial charge in [0.2, 0.25) is 5.91 Å². The zero-order valence-electron chi connectivity index (χ0n) is 16.5. The van der Waals surface area contributed by atoms with Crippen LogP contribution in [0.1, 0.15) is 36.0 Å². The Bertz CT molecular complexity index is 938. The summed E-state index contributed by atoms with van der Waals surface area (Å²) in [5.74, 6) is -1.65. The molecule has 1 aliphatic rings. The molecule has 1 aromatic carbocycles. The lowest BCUT2D eigenvalue weighted by Crippen LogP contribution is -2.46. The number of amides is 1. The summed E-state index contributed by atoms with van der Waals surface area (Å²) in [4.78, 5) is 40.6. The van der Waals surface area contributed by atoms with Crippen molar-refractivity contribution in [1.82, 2.24) is 10.3 Å². The molecule has 30 heavy (non-hydrogen) atoms. The Balaban J connectivity index is 1.80. The lowest BCUT2D eigenvalue weighted by molar-refractivity contribution is -0.142. The van der Waals surface area contributed by atoms with Crippen LogP contribution >= 0.6 is 27.7 Å². The summed E-state index contributed by atoms with van der Waals surface area (Å²) in [7, 11) is 0. The SMILES string of the molecule is CC(=O)SCC(C(=O)NC(Cc1cccnc1)C(=O)O)C1CCc2cc(Br)ccc21. The van der Waals surface area contributed by atoms with Crippen molar-refractivity contribution in [2.45, 2.75) is 38.1 Å². The molecule has 0 saturated heterocycles. The van der Waals surface area contributed by atoms with Gasteiger partial charge in [0.1, 0.15) is 6.04 Å². The van der Waals surface area contributed by atoms with Gasteiger partial charge in [-0.05, 0) is 53.6 Å². The second-order valence-electron chi connectivity index (χ2n) is 7.36. The highest BCUT2D eigenvalue weighted by atomic mass is 79.9. The van der Waals surface area contributed by atoms with Gasteiger partial charge in [-0.25, -0.2) is 4.79 Å². The quantitative estimate of drug-likeness (QED) is 0.586. The van der Waals surface area contributed by atoms with Crippen LogP contribution in [0.25, 0.3) is 0 Å². The molecule has 3 unspecified atom stereocenters. The first-order chi connectivity index (χ1) is 14.3. The number of halogens is 1. The molecular formula is C22H23BrN2O4S. The Labute approximate surface area is 188 Å². The Hall–Kier alpha value is -2.19. The number of aryl methyl sites for hydroxylation is 1. The van der Waals surface area contributed by atoms with Crippen molar-refractivity contribution in [3.05, 3.63) is 63.9 Å². The van der Waals surface area contributed by atoms with Gasteiger partial charge in [-0.1, -0.05) is 39.8 Å². The molecular weight excluding hydrogens is 468 g/mol. The van der Waals surface area contributed by atoms with E-state index < -0.39 is 17.9 Å². The van der Waals surface area contributed by atoms with E-state index in [0.29, 0.717) is 5.75 Å². The van der Waals surface area contributed by atoms with Crippen molar-refractivity contribution >= 4 is 44.7 Å². The highest BCUT2D eigenvalue weighted by molar-refractivity contribution is 9.10. The highest BCUT2D eigenvalue weighted by Gasteiger charge is 2.36. The molecule has 0 fully saturated rings. The fraction of sp³-hybridized carbons (Fsp3) is 0.364. The molecule has 2 aromatic rings. The van der Waals surface area contributed by atoms with Crippen LogP contribution in [-0.2, 0) is 27.2 Å². The summed E-state index contributed by atoms with van der Waals surface area (Å²) in [6, 6.07) is 8.48. The van der Waals surface area contributed by atoms with Crippen LogP contribution in [0, 0.1) is 5.92 Å². The van der Waals surface area contributed by atoms with Gasteiger partial charge in [0.25, 0.3) is 0 Å². The summed E-state index contributed by atoms with van der Waals surface area (Å²) in [5, 5.41) is 12.3. The van der Waals surface area contributed by atoms with Crippen molar-refractivity contribution in [2.75, 3.05) is 5.75 Å². The topological polar surface area (TPSA) is 96.4 Å². The largest absolute Gasteiger partial charge is 0.480 e. The number of carbonyl (C=O) groups excluding carboxylic acids is 2. The zero-order valence-corrected chi connectivity index (χ0v) is 18.9. The van der Waals surface area contributed by atoms with E-state index in [4.69, 9.17) is 0 Å². The summed E-state index contributed by atoms with van der Waals surface area (Å²) >= 11 is 4.59. The maximum absolute atomic E-state index is 13.2. The molecule has 2 N–H and O–H groups in total. The van der Waals surface area contributed by atoms with E-state index >= 15 is 0 Å². The molecule has 1 aliphatic carbocycles. The van der Waals surface area contributed by atoms with E-state index in [1.54, 1.807) is 24.5 Å². The van der Waals surface area contributed by atoms with E-state index in [1.807, 2.05) is 12.1 Å². The number of pyridine rings is 1. The van der Waals surface area contributed by atoms with Crippen LogP contribution in [0.15, 0.2) is 47.2 Å². The predicted octanol–water partition coefficient (Wildman–Crippen LogP) is 3.58. The monoisotopic (exact) mass is 490 g/mol. The third-order valence-electron chi connectivity index (χ3n) is 5.30. The number of rotatable bonds is 8. The number of hydrogen-bond acceptors (Lipinski definition) is 5. The molecule has 3 atom stereocenters. The van der Waals surface area contributed by atoms with Gasteiger partial charge < -0.3 is 10.4 Å². The molecule has 1 aromatic heterocycles. The van der Waals surface area contributed by atoms with Gasteiger partial charge in [0.15, 0.2) is 5.12 Å². The average molecular weight is 491 g/mol. The normalized spacial score (nSPS) is 17.1. The highest BCUT2D eigenvalue weighted by Crippen LogP contribution is 2.41. The standard InChI is InChI=1S/C22H23BrN2O4S/c1-13(26)30-12-19(18-6-4-15-10-16(23)5-7-17(15)18)21(27)25-20(22(28)29)9-14-3-2-8-24-11-14/h2-3,5,7-8,10-11,18-20H,4,6,9,12H2,1H3,(H,25,27)(H,28,29). The first-order valence-corrected chi connectivity index (χ1v) is 11.5. The molecule has 0 spiro atoms. The first-order valence-electron chi connectivity index (χ1n) is 9.69. The van der Waals surface area contributed by atoms with Crippen LogP contribution in [0.3, 0.4) is 0 Å². The third-order valence-corrected chi connectivity index (χ3v) is 6.72. The lowest BCUT2D eigenvalue weighted by Gasteiger charge is -2.25. The van der Waals surface area contributed by atoms with Crippen molar-refractivity contribution in [2.24, 2.45) is 5.92 Å². The smallest absolute Gasteiger partial charge is 0.326 e. The summed E-state index contributed by atoms with van der Waals surface area (Å²) in [6.45, 7) is 1.47. The molecule has 3 rings (SSSR count). The number of aliphatic carboxylic acids is 1. The van der Waals surface area contributed by atoms with Gasteiger partial charge in [-0.15, -0.1) is 0 Å². The number of carbonyl (C=O) groups is 3. The molecule has 1 heterocycles. The minimum atomic E-state index is -1.10. The molecule has 8 heteroatoms. The van der Waals surface area contributed by atoms with Crippen LogP contribution in [0.5, 0.6) is 0 Å². The summed E-state index contributed by atoms with van der Waals surface area (Å²) < 4.78 is 0.989. The molecule has 158 valence electrons.